The summed E-state index contributed by atoms with van der Waals surface area (Å²) in [5, 5.41) is 5.72. The van der Waals surface area contributed by atoms with Gasteiger partial charge in [0, 0.05) is 17.6 Å². The van der Waals surface area contributed by atoms with E-state index in [1.54, 1.807) is 24.3 Å². The van der Waals surface area contributed by atoms with E-state index in [-0.39, 0.29) is 17.9 Å². The molecule has 1 aromatic heterocycles. The Kier molecular flexibility index (Phi) is 7.56. The number of benzene rings is 2. The molecule has 5 nitrogen and oxygen atoms in total. The summed E-state index contributed by atoms with van der Waals surface area (Å²) in [7, 11) is 0. The second-order valence-corrected chi connectivity index (χ2v) is 7.51. The predicted molar refractivity (Wildman–Crippen MR) is 121 cm³/mol. The van der Waals surface area contributed by atoms with E-state index in [1.165, 1.54) is 5.56 Å². The third-order valence-electron chi connectivity index (χ3n) is 4.87. The largest absolute Gasteiger partial charge is 0.491 e. The molecular weight excluding hydrogens is 417 g/mol. The van der Waals surface area contributed by atoms with Gasteiger partial charge in [0.15, 0.2) is 0 Å². The molecule has 0 aliphatic heterocycles. The molecule has 2 N–H and O–H groups in total. The molecule has 3 rings (SSSR count). The quantitative estimate of drug-likeness (QED) is 0.368. The summed E-state index contributed by atoms with van der Waals surface area (Å²) in [5.74, 6) is 0.395. The molecule has 170 valence electrons. The standard InChI is InChI=1S/C24H27F3N4O/c1-4-6-17-7-9-19(10-8-17)30-23-28-15-21(24(25,26)27)22(31-23)29-18-11-13-20(14-12-18)32-16(3)5-2/h7-16H,4-6H2,1-3H3,(H2,28,29,30,31). The van der Waals surface area contributed by atoms with Crippen molar-refractivity contribution in [3.05, 3.63) is 65.9 Å². The Morgan fingerprint density at radius 3 is 2.16 bits per heavy atom. The number of halogens is 3. The van der Waals surface area contributed by atoms with E-state index in [4.69, 9.17) is 4.74 Å². The molecule has 0 radical (unpaired) electrons. The van der Waals surface area contributed by atoms with E-state index in [0.717, 1.165) is 25.5 Å². The Morgan fingerprint density at radius 1 is 0.938 bits per heavy atom. The van der Waals surface area contributed by atoms with E-state index in [0.29, 0.717) is 17.1 Å². The van der Waals surface area contributed by atoms with Crippen molar-refractivity contribution in [2.75, 3.05) is 10.6 Å². The first kappa shape index (κ1) is 23.4. The maximum absolute atomic E-state index is 13.5. The third-order valence-corrected chi connectivity index (χ3v) is 4.87. The van der Waals surface area contributed by atoms with Crippen molar-refractivity contribution in [2.24, 2.45) is 0 Å². The highest BCUT2D eigenvalue weighted by atomic mass is 19.4. The molecule has 8 heteroatoms. The van der Waals surface area contributed by atoms with E-state index in [9.17, 15) is 13.2 Å². The Hall–Kier alpha value is -3.29. The van der Waals surface area contributed by atoms with E-state index >= 15 is 0 Å². The van der Waals surface area contributed by atoms with Gasteiger partial charge in [-0.15, -0.1) is 0 Å². The van der Waals surface area contributed by atoms with Crippen LogP contribution in [0.5, 0.6) is 5.75 Å². The number of alkyl halides is 3. The average molecular weight is 445 g/mol. The van der Waals surface area contributed by atoms with Gasteiger partial charge in [-0.25, -0.2) is 4.98 Å². The van der Waals surface area contributed by atoms with Crippen LogP contribution in [0.4, 0.5) is 36.3 Å². The van der Waals surface area contributed by atoms with Gasteiger partial charge < -0.3 is 15.4 Å². The van der Waals surface area contributed by atoms with Crippen molar-refractivity contribution >= 4 is 23.1 Å². The third kappa shape index (κ3) is 6.35. The fraction of sp³-hybridized carbons (Fsp3) is 0.333. The van der Waals surface area contributed by atoms with Crippen LogP contribution in [0.3, 0.4) is 0 Å². The second-order valence-electron chi connectivity index (χ2n) is 7.51. The van der Waals surface area contributed by atoms with Gasteiger partial charge in [-0.05, 0) is 61.7 Å². The Balaban J connectivity index is 1.81. The summed E-state index contributed by atoms with van der Waals surface area (Å²) < 4.78 is 46.3. The minimum Gasteiger partial charge on any atom is -0.491 e. The average Bonchev–Trinajstić information content (AvgIpc) is 2.76. The number of aromatic nitrogens is 2. The summed E-state index contributed by atoms with van der Waals surface area (Å²) in [6, 6.07) is 14.4. The van der Waals surface area contributed by atoms with Crippen LogP contribution < -0.4 is 15.4 Å². The first-order chi connectivity index (χ1) is 15.3. The van der Waals surface area contributed by atoms with Crippen LogP contribution in [-0.2, 0) is 12.6 Å². The van der Waals surface area contributed by atoms with Crippen LogP contribution in [0.2, 0.25) is 0 Å². The fourth-order valence-electron chi connectivity index (χ4n) is 2.99. The van der Waals surface area contributed by atoms with E-state index in [1.807, 2.05) is 38.1 Å². The van der Waals surface area contributed by atoms with Gasteiger partial charge in [0.05, 0.1) is 6.10 Å². The minimum absolute atomic E-state index is 0.0529. The number of anilines is 4. The minimum atomic E-state index is -4.59. The van der Waals surface area contributed by atoms with Crippen molar-refractivity contribution in [3.63, 3.8) is 0 Å². The maximum Gasteiger partial charge on any atom is 0.421 e. The second kappa shape index (κ2) is 10.3. The molecule has 0 amide bonds. The highest BCUT2D eigenvalue weighted by Crippen LogP contribution is 2.35. The normalized spacial score (nSPS) is 12.3. The Labute approximate surface area is 186 Å². The molecule has 2 aromatic carbocycles. The topological polar surface area (TPSA) is 59.1 Å². The molecule has 0 aliphatic carbocycles. The number of rotatable bonds is 9. The monoisotopic (exact) mass is 444 g/mol. The summed E-state index contributed by atoms with van der Waals surface area (Å²) in [6.45, 7) is 6.07. The van der Waals surface area contributed by atoms with Crippen LogP contribution in [0.25, 0.3) is 0 Å². The van der Waals surface area contributed by atoms with Crippen LogP contribution >= 0.6 is 0 Å². The molecule has 0 saturated heterocycles. The van der Waals surface area contributed by atoms with Crippen molar-refractivity contribution in [1.82, 2.24) is 9.97 Å². The predicted octanol–water partition coefficient (Wildman–Crippen LogP) is 7.11. The Bertz CT molecular complexity index is 1010. The molecule has 0 saturated carbocycles. The lowest BCUT2D eigenvalue weighted by atomic mass is 10.1. The van der Waals surface area contributed by atoms with Crippen molar-refractivity contribution in [2.45, 2.75) is 52.3 Å². The molecular formula is C24H27F3N4O. The van der Waals surface area contributed by atoms with Gasteiger partial charge in [0.1, 0.15) is 17.1 Å². The van der Waals surface area contributed by atoms with Crippen molar-refractivity contribution in [1.29, 1.82) is 0 Å². The molecule has 1 atom stereocenters. The lowest BCUT2D eigenvalue weighted by molar-refractivity contribution is -0.137. The number of nitrogens with zero attached hydrogens (tertiary/aromatic N) is 2. The molecule has 0 fully saturated rings. The summed E-state index contributed by atoms with van der Waals surface area (Å²) in [6.07, 6.45) is -0.906. The number of nitrogens with one attached hydrogen (secondary N) is 2. The van der Waals surface area contributed by atoms with Crippen LogP contribution in [-0.4, -0.2) is 16.1 Å². The molecule has 3 aromatic rings. The van der Waals surface area contributed by atoms with Gasteiger partial charge in [-0.1, -0.05) is 32.4 Å². The SMILES string of the molecule is CCCc1ccc(Nc2ncc(C(F)(F)F)c(Nc3ccc(OC(C)CC)cc3)n2)cc1. The van der Waals surface area contributed by atoms with Gasteiger partial charge in [-0.2, -0.15) is 18.2 Å². The van der Waals surface area contributed by atoms with Crippen LogP contribution in [0.15, 0.2) is 54.7 Å². The number of hydrogen-bond acceptors (Lipinski definition) is 5. The summed E-state index contributed by atoms with van der Waals surface area (Å²) >= 11 is 0. The van der Waals surface area contributed by atoms with Crippen LogP contribution in [0, 0.1) is 0 Å². The zero-order valence-corrected chi connectivity index (χ0v) is 18.3. The maximum atomic E-state index is 13.5. The smallest absolute Gasteiger partial charge is 0.421 e. The number of ether oxygens (including phenoxy) is 1. The molecule has 0 bridgehead atoms. The summed E-state index contributed by atoms with van der Waals surface area (Å²) in [4.78, 5) is 7.94. The molecule has 1 unspecified atom stereocenters. The highest BCUT2D eigenvalue weighted by Gasteiger charge is 2.35. The summed E-state index contributed by atoms with van der Waals surface area (Å²) in [5.41, 5.74) is 1.40. The van der Waals surface area contributed by atoms with Gasteiger partial charge >= 0.3 is 6.18 Å². The van der Waals surface area contributed by atoms with Crippen LogP contribution in [0.1, 0.15) is 44.7 Å². The first-order valence-electron chi connectivity index (χ1n) is 10.6. The number of hydrogen-bond donors (Lipinski definition) is 2. The van der Waals surface area contributed by atoms with Gasteiger partial charge in [-0.3, -0.25) is 0 Å². The van der Waals surface area contributed by atoms with E-state index < -0.39 is 11.7 Å². The molecule has 32 heavy (non-hydrogen) atoms. The zero-order chi connectivity index (χ0) is 23.1. The first-order valence-corrected chi connectivity index (χ1v) is 10.6. The fourth-order valence-corrected chi connectivity index (χ4v) is 2.99. The van der Waals surface area contributed by atoms with Gasteiger partial charge in [0.25, 0.3) is 0 Å². The lowest BCUT2D eigenvalue weighted by Gasteiger charge is -2.16. The van der Waals surface area contributed by atoms with Gasteiger partial charge in [0.2, 0.25) is 5.95 Å². The van der Waals surface area contributed by atoms with E-state index in [2.05, 4.69) is 27.5 Å². The molecule has 0 aliphatic rings. The van der Waals surface area contributed by atoms with Crippen molar-refractivity contribution < 1.29 is 17.9 Å². The number of aryl methyl sites for hydroxylation is 1. The van der Waals surface area contributed by atoms with Crippen molar-refractivity contribution in [3.8, 4) is 5.75 Å². The lowest BCUT2D eigenvalue weighted by Crippen LogP contribution is -2.13. The Morgan fingerprint density at radius 2 is 1.56 bits per heavy atom. The molecule has 0 spiro atoms. The zero-order valence-electron chi connectivity index (χ0n) is 18.3. The highest BCUT2D eigenvalue weighted by molar-refractivity contribution is 5.63. The molecule has 1 heterocycles.